The standard InChI is InChI=1S/C35H45N3O5S/c1-27-14-10-11-21-32(27)38(44(3,41)42)23-13-22-34(39)37(26-29-17-12-20-31(24-29)43-2)33(25-28-15-6-4-7-16-28)35(40)36-30-18-8-5-9-19-30/h4,6-7,10-12,14-17,20-21,24,30,33H,5,8-9,13,18-19,22-23,25-26H2,1-3H3,(H,36,40)/t33-/m1/s1. The fourth-order valence-corrected chi connectivity index (χ4v) is 6.91. The normalized spacial score (nSPS) is 14.4. The van der Waals surface area contributed by atoms with E-state index >= 15 is 0 Å². The van der Waals surface area contributed by atoms with Gasteiger partial charge >= 0.3 is 0 Å². The van der Waals surface area contributed by atoms with Gasteiger partial charge < -0.3 is 15.0 Å². The van der Waals surface area contributed by atoms with E-state index in [1.54, 1.807) is 24.1 Å². The summed E-state index contributed by atoms with van der Waals surface area (Å²) < 4.78 is 32.3. The number of methoxy groups -OCH3 is 1. The molecule has 0 heterocycles. The summed E-state index contributed by atoms with van der Waals surface area (Å²) in [5.41, 5.74) is 3.25. The number of nitrogens with zero attached hydrogens (tertiary/aromatic N) is 2. The lowest BCUT2D eigenvalue weighted by Gasteiger charge is -2.34. The van der Waals surface area contributed by atoms with Crippen molar-refractivity contribution >= 4 is 27.5 Å². The molecule has 236 valence electrons. The molecule has 0 saturated heterocycles. The van der Waals surface area contributed by atoms with Crippen LogP contribution in [0.1, 0.15) is 61.6 Å². The van der Waals surface area contributed by atoms with Crippen LogP contribution in [0.25, 0.3) is 0 Å². The van der Waals surface area contributed by atoms with Crippen molar-refractivity contribution in [3.63, 3.8) is 0 Å². The number of amides is 2. The van der Waals surface area contributed by atoms with Gasteiger partial charge in [-0.25, -0.2) is 8.42 Å². The highest BCUT2D eigenvalue weighted by atomic mass is 32.2. The number of hydrogen-bond acceptors (Lipinski definition) is 5. The highest BCUT2D eigenvalue weighted by molar-refractivity contribution is 7.92. The van der Waals surface area contributed by atoms with Crippen LogP contribution in [-0.4, -0.2) is 57.1 Å². The van der Waals surface area contributed by atoms with E-state index in [1.165, 1.54) is 17.0 Å². The zero-order valence-electron chi connectivity index (χ0n) is 26.1. The molecule has 1 atom stereocenters. The highest BCUT2D eigenvalue weighted by Crippen LogP contribution is 2.24. The van der Waals surface area contributed by atoms with Crippen molar-refractivity contribution in [2.75, 3.05) is 24.2 Å². The number of anilines is 1. The third-order valence-electron chi connectivity index (χ3n) is 8.25. The summed E-state index contributed by atoms with van der Waals surface area (Å²) in [6.07, 6.45) is 7.16. The topological polar surface area (TPSA) is 96.0 Å². The lowest BCUT2D eigenvalue weighted by molar-refractivity contribution is -0.141. The van der Waals surface area contributed by atoms with E-state index in [1.807, 2.05) is 73.7 Å². The summed E-state index contributed by atoms with van der Waals surface area (Å²) in [6, 6.07) is 23.9. The van der Waals surface area contributed by atoms with Gasteiger partial charge in [0.15, 0.2) is 0 Å². The van der Waals surface area contributed by atoms with Crippen molar-refractivity contribution in [2.24, 2.45) is 0 Å². The third kappa shape index (κ3) is 9.32. The largest absolute Gasteiger partial charge is 0.497 e. The molecule has 0 aliphatic heterocycles. The Labute approximate surface area is 262 Å². The lowest BCUT2D eigenvalue weighted by Crippen LogP contribution is -2.52. The van der Waals surface area contributed by atoms with E-state index in [4.69, 9.17) is 4.74 Å². The molecule has 1 N–H and O–H groups in total. The molecule has 44 heavy (non-hydrogen) atoms. The molecule has 0 bridgehead atoms. The summed E-state index contributed by atoms with van der Waals surface area (Å²) in [6.45, 7) is 2.24. The lowest BCUT2D eigenvalue weighted by atomic mass is 9.94. The monoisotopic (exact) mass is 619 g/mol. The quantitative estimate of drug-likeness (QED) is 0.252. The van der Waals surface area contributed by atoms with Gasteiger partial charge in [-0.05, 0) is 61.1 Å². The Morgan fingerprint density at radius 3 is 2.30 bits per heavy atom. The predicted molar refractivity (Wildman–Crippen MR) is 175 cm³/mol. The molecule has 1 aliphatic rings. The fourth-order valence-electron chi connectivity index (χ4n) is 5.89. The number of ether oxygens (including phenoxy) is 1. The number of rotatable bonds is 14. The predicted octanol–water partition coefficient (Wildman–Crippen LogP) is 5.64. The fraction of sp³-hybridized carbons (Fsp3) is 0.429. The molecule has 3 aromatic carbocycles. The molecule has 1 fully saturated rings. The molecule has 8 nitrogen and oxygen atoms in total. The molecule has 1 aliphatic carbocycles. The van der Waals surface area contributed by atoms with Crippen LogP contribution in [0.4, 0.5) is 5.69 Å². The minimum absolute atomic E-state index is 0.0872. The Morgan fingerprint density at radius 2 is 1.61 bits per heavy atom. The second-order valence-electron chi connectivity index (χ2n) is 11.6. The number of aryl methyl sites for hydroxylation is 1. The van der Waals surface area contributed by atoms with Crippen LogP contribution in [-0.2, 0) is 32.6 Å². The average molecular weight is 620 g/mol. The molecule has 3 aromatic rings. The van der Waals surface area contributed by atoms with Gasteiger partial charge in [-0.1, -0.05) is 79.9 Å². The van der Waals surface area contributed by atoms with E-state index in [0.717, 1.165) is 42.4 Å². The SMILES string of the molecule is COc1cccc(CN(C(=O)CCCN(c2ccccc2C)S(C)(=O)=O)[C@H](Cc2ccccc2)C(=O)NC2CCCCC2)c1. The maximum Gasteiger partial charge on any atom is 0.243 e. The molecular weight excluding hydrogens is 574 g/mol. The molecule has 1 saturated carbocycles. The number of sulfonamides is 1. The van der Waals surface area contributed by atoms with Crippen LogP contribution in [0.2, 0.25) is 0 Å². The second-order valence-corrected chi connectivity index (χ2v) is 13.6. The number of nitrogens with one attached hydrogen (secondary N) is 1. The Kier molecular flexibility index (Phi) is 11.8. The summed E-state index contributed by atoms with van der Waals surface area (Å²) in [5.74, 6) is 0.309. The van der Waals surface area contributed by atoms with Gasteiger partial charge in [-0.15, -0.1) is 0 Å². The molecule has 0 unspecified atom stereocenters. The first-order chi connectivity index (χ1) is 21.2. The number of carbonyl (C=O) groups is 2. The Morgan fingerprint density at radius 1 is 0.932 bits per heavy atom. The first kappa shape index (κ1) is 33.1. The van der Waals surface area contributed by atoms with E-state index in [0.29, 0.717) is 24.3 Å². The minimum Gasteiger partial charge on any atom is -0.497 e. The van der Waals surface area contributed by atoms with Crippen LogP contribution in [0, 0.1) is 6.92 Å². The van der Waals surface area contributed by atoms with E-state index in [9.17, 15) is 18.0 Å². The van der Waals surface area contributed by atoms with E-state index in [-0.39, 0.29) is 37.4 Å². The van der Waals surface area contributed by atoms with E-state index in [2.05, 4.69) is 5.32 Å². The molecular formula is C35H45N3O5S. The molecule has 4 rings (SSSR count). The maximum absolute atomic E-state index is 14.1. The van der Waals surface area contributed by atoms with Gasteiger partial charge in [0.05, 0.1) is 19.1 Å². The first-order valence-electron chi connectivity index (χ1n) is 15.5. The van der Waals surface area contributed by atoms with Crippen LogP contribution in [0.3, 0.4) is 0 Å². The zero-order chi connectivity index (χ0) is 31.5. The molecule has 0 spiro atoms. The second kappa shape index (κ2) is 15.7. The molecule has 2 amide bonds. The Hall–Kier alpha value is -3.85. The third-order valence-corrected chi connectivity index (χ3v) is 9.43. The average Bonchev–Trinajstić information content (AvgIpc) is 3.02. The van der Waals surface area contributed by atoms with Crippen molar-refractivity contribution in [3.8, 4) is 5.75 Å². The molecule has 0 radical (unpaired) electrons. The van der Waals surface area contributed by atoms with Crippen LogP contribution >= 0.6 is 0 Å². The summed E-state index contributed by atoms with van der Waals surface area (Å²) in [7, 11) is -1.97. The summed E-state index contributed by atoms with van der Waals surface area (Å²) in [4.78, 5) is 29.8. The smallest absolute Gasteiger partial charge is 0.243 e. The van der Waals surface area contributed by atoms with Crippen LogP contribution in [0.5, 0.6) is 5.75 Å². The zero-order valence-corrected chi connectivity index (χ0v) is 26.9. The van der Waals surface area contributed by atoms with E-state index < -0.39 is 16.1 Å². The van der Waals surface area contributed by atoms with Crippen molar-refractivity contribution in [1.82, 2.24) is 10.2 Å². The van der Waals surface area contributed by atoms with Crippen LogP contribution < -0.4 is 14.4 Å². The van der Waals surface area contributed by atoms with Gasteiger partial charge in [0.25, 0.3) is 0 Å². The Balaban J connectivity index is 1.61. The van der Waals surface area contributed by atoms with Crippen molar-refractivity contribution in [1.29, 1.82) is 0 Å². The van der Waals surface area contributed by atoms with Gasteiger partial charge in [-0.3, -0.25) is 13.9 Å². The van der Waals surface area contributed by atoms with Gasteiger partial charge in [0.2, 0.25) is 21.8 Å². The van der Waals surface area contributed by atoms with Crippen molar-refractivity contribution in [3.05, 3.63) is 95.6 Å². The van der Waals surface area contributed by atoms with Gasteiger partial charge in [0.1, 0.15) is 11.8 Å². The van der Waals surface area contributed by atoms with Gasteiger partial charge in [0, 0.05) is 32.0 Å². The minimum atomic E-state index is -3.57. The number of para-hydroxylation sites is 1. The number of hydrogen-bond donors (Lipinski definition) is 1. The highest BCUT2D eigenvalue weighted by Gasteiger charge is 2.32. The van der Waals surface area contributed by atoms with Gasteiger partial charge in [-0.2, -0.15) is 0 Å². The van der Waals surface area contributed by atoms with Crippen molar-refractivity contribution < 1.29 is 22.7 Å². The summed E-state index contributed by atoms with van der Waals surface area (Å²) in [5, 5.41) is 3.26. The molecule has 9 heteroatoms. The Bertz CT molecular complexity index is 1490. The first-order valence-corrected chi connectivity index (χ1v) is 17.3. The summed E-state index contributed by atoms with van der Waals surface area (Å²) >= 11 is 0. The number of carbonyl (C=O) groups excluding carboxylic acids is 2. The molecule has 0 aromatic heterocycles. The van der Waals surface area contributed by atoms with Crippen LogP contribution in [0.15, 0.2) is 78.9 Å². The number of benzene rings is 3. The maximum atomic E-state index is 14.1. The van der Waals surface area contributed by atoms with Crippen molar-refractivity contribution in [2.45, 2.75) is 76.9 Å².